The Hall–Kier alpha value is -0.130. The molecule has 1 aliphatic heterocycles. The summed E-state index contributed by atoms with van der Waals surface area (Å²) in [5.41, 5.74) is -0.516. The van der Waals surface area contributed by atoms with Crippen molar-refractivity contribution in [2.24, 2.45) is 5.92 Å². The number of aromatic nitrogens is 1. The van der Waals surface area contributed by atoms with Crippen molar-refractivity contribution in [3.05, 3.63) is 9.98 Å². The molecule has 0 atom stereocenters. The molecular weight excluding hydrogens is 264 g/mol. The van der Waals surface area contributed by atoms with E-state index in [0.717, 1.165) is 9.73 Å². The Morgan fingerprint density at radius 2 is 2.29 bits per heavy atom. The zero-order valence-corrected chi connectivity index (χ0v) is 10.6. The van der Waals surface area contributed by atoms with E-state index < -0.39 is 5.60 Å². The minimum absolute atomic E-state index is 0.308. The zero-order valence-electron chi connectivity index (χ0n) is 8.20. The fourth-order valence-electron chi connectivity index (χ4n) is 1.51. The Kier molecular flexibility index (Phi) is 2.57. The summed E-state index contributed by atoms with van der Waals surface area (Å²) in [4.78, 5) is 6.41. The van der Waals surface area contributed by atoms with Crippen molar-refractivity contribution < 1.29 is 5.11 Å². The highest BCUT2D eigenvalue weighted by molar-refractivity contribution is 9.10. The average Bonchev–Trinajstić information content (AvgIpc) is 2.45. The van der Waals surface area contributed by atoms with Gasteiger partial charge in [-0.05, 0) is 21.8 Å². The van der Waals surface area contributed by atoms with Gasteiger partial charge in [0.25, 0.3) is 0 Å². The first-order valence-electron chi connectivity index (χ1n) is 4.59. The molecule has 0 amide bonds. The lowest BCUT2D eigenvalue weighted by atomic mass is 9.83. The summed E-state index contributed by atoms with van der Waals surface area (Å²) in [6.07, 6.45) is 0. The van der Waals surface area contributed by atoms with E-state index in [1.165, 1.54) is 0 Å². The Labute approximate surface area is 95.9 Å². The second-order valence-electron chi connectivity index (χ2n) is 4.07. The lowest BCUT2D eigenvalue weighted by Crippen LogP contribution is -2.64. The summed E-state index contributed by atoms with van der Waals surface area (Å²) in [6, 6.07) is 0. The molecule has 78 valence electrons. The van der Waals surface area contributed by atoms with Crippen LogP contribution in [0.15, 0.2) is 9.98 Å². The first kappa shape index (κ1) is 10.4. The maximum absolute atomic E-state index is 10.0. The van der Waals surface area contributed by atoms with Crippen LogP contribution in [0.25, 0.3) is 0 Å². The van der Waals surface area contributed by atoms with Crippen molar-refractivity contribution in [1.29, 1.82) is 0 Å². The van der Waals surface area contributed by atoms with Gasteiger partial charge in [0.15, 0.2) is 5.13 Å². The fraction of sp³-hybridized carbons (Fsp3) is 0.667. The first-order chi connectivity index (χ1) is 6.51. The van der Waals surface area contributed by atoms with Crippen molar-refractivity contribution >= 4 is 32.4 Å². The zero-order chi connectivity index (χ0) is 10.3. The molecule has 1 aliphatic rings. The van der Waals surface area contributed by atoms with E-state index in [-0.39, 0.29) is 0 Å². The third-order valence-electron chi connectivity index (χ3n) is 2.74. The van der Waals surface area contributed by atoms with Crippen molar-refractivity contribution in [3.8, 4) is 0 Å². The largest absolute Gasteiger partial charge is 0.386 e. The molecule has 0 spiro atoms. The number of β-amino-alcohol motifs (C(OH)–C–C–N with tert-alkyl or cyclic N) is 1. The number of hydrogen-bond donors (Lipinski definition) is 1. The normalized spacial score (nSPS) is 19.9. The van der Waals surface area contributed by atoms with E-state index in [2.05, 4.69) is 39.7 Å². The fourth-order valence-corrected chi connectivity index (χ4v) is 2.76. The summed E-state index contributed by atoms with van der Waals surface area (Å²) in [6.45, 7) is 5.50. The third kappa shape index (κ3) is 1.68. The van der Waals surface area contributed by atoms with E-state index in [1.54, 1.807) is 11.3 Å². The Morgan fingerprint density at radius 3 is 2.71 bits per heavy atom. The van der Waals surface area contributed by atoms with E-state index in [9.17, 15) is 5.11 Å². The van der Waals surface area contributed by atoms with E-state index in [1.807, 2.05) is 5.38 Å². The molecule has 2 heterocycles. The molecule has 2 rings (SSSR count). The Bertz CT molecular complexity index is 333. The van der Waals surface area contributed by atoms with Crippen LogP contribution in [0.3, 0.4) is 0 Å². The minimum Gasteiger partial charge on any atom is -0.386 e. The SMILES string of the molecule is CC(C)C1(O)CN(c2nc(Br)cs2)C1. The quantitative estimate of drug-likeness (QED) is 0.899. The van der Waals surface area contributed by atoms with Gasteiger partial charge < -0.3 is 10.0 Å². The summed E-state index contributed by atoms with van der Waals surface area (Å²) in [5.74, 6) is 0.308. The second kappa shape index (κ2) is 3.47. The van der Waals surface area contributed by atoms with Gasteiger partial charge >= 0.3 is 0 Å². The molecule has 3 nitrogen and oxygen atoms in total. The third-order valence-corrected chi connectivity index (χ3v) is 4.35. The van der Waals surface area contributed by atoms with Crippen LogP contribution in [0.1, 0.15) is 13.8 Å². The van der Waals surface area contributed by atoms with E-state index in [4.69, 9.17) is 0 Å². The Balaban J connectivity index is 2.01. The van der Waals surface area contributed by atoms with Gasteiger partial charge in [0.2, 0.25) is 0 Å². The molecule has 0 saturated carbocycles. The molecular formula is C9H13BrN2OS. The molecule has 0 unspecified atom stereocenters. The van der Waals surface area contributed by atoms with Gasteiger partial charge in [0.05, 0.1) is 13.1 Å². The smallest absolute Gasteiger partial charge is 0.186 e. The molecule has 0 aliphatic carbocycles. The summed E-state index contributed by atoms with van der Waals surface area (Å²) >= 11 is 4.92. The number of aliphatic hydroxyl groups is 1. The molecule has 0 radical (unpaired) electrons. The maximum Gasteiger partial charge on any atom is 0.186 e. The molecule has 0 aromatic carbocycles. The van der Waals surface area contributed by atoms with Gasteiger partial charge in [-0.25, -0.2) is 4.98 Å². The lowest BCUT2D eigenvalue weighted by molar-refractivity contribution is -0.0300. The number of halogens is 1. The van der Waals surface area contributed by atoms with E-state index >= 15 is 0 Å². The van der Waals surface area contributed by atoms with Crippen LogP contribution < -0.4 is 4.90 Å². The van der Waals surface area contributed by atoms with Gasteiger partial charge in [0.1, 0.15) is 10.2 Å². The maximum atomic E-state index is 10.0. The van der Waals surface area contributed by atoms with Crippen molar-refractivity contribution in [1.82, 2.24) is 4.98 Å². The van der Waals surface area contributed by atoms with Gasteiger partial charge in [-0.1, -0.05) is 13.8 Å². The lowest BCUT2D eigenvalue weighted by Gasteiger charge is -2.48. The first-order valence-corrected chi connectivity index (χ1v) is 6.27. The van der Waals surface area contributed by atoms with Crippen LogP contribution in [0.5, 0.6) is 0 Å². The summed E-state index contributed by atoms with van der Waals surface area (Å²) < 4.78 is 0.873. The molecule has 1 saturated heterocycles. The monoisotopic (exact) mass is 276 g/mol. The molecule has 1 aromatic heterocycles. The van der Waals surface area contributed by atoms with Crippen LogP contribution in [-0.2, 0) is 0 Å². The van der Waals surface area contributed by atoms with Gasteiger partial charge in [0, 0.05) is 5.38 Å². The molecule has 1 aromatic rings. The van der Waals surface area contributed by atoms with Crippen LogP contribution in [-0.4, -0.2) is 28.8 Å². The van der Waals surface area contributed by atoms with Crippen LogP contribution in [0.4, 0.5) is 5.13 Å². The molecule has 0 bridgehead atoms. The number of hydrogen-bond acceptors (Lipinski definition) is 4. The van der Waals surface area contributed by atoms with Crippen LogP contribution in [0, 0.1) is 5.92 Å². The Morgan fingerprint density at radius 1 is 1.64 bits per heavy atom. The predicted octanol–water partition coefficient (Wildman–Crippen LogP) is 2.11. The molecule has 14 heavy (non-hydrogen) atoms. The van der Waals surface area contributed by atoms with Gasteiger partial charge in [-0.3, -0.25) is 0 Å². The molecule has 1 N–H and O–H groups in total. The highest BCUT2D eigenvalue weighted by Crippen LogP contribution is 2.35. The molecule has 1 fully saturated rings. The highest BCUT2D eigenvalue weighted by Gasteiger charge is 2.44. The second-order valence-corrected chi connectivity index (χ2v) is 5.72. The van der Waals surface area contributed by atoms with Crippen LogP contribution >= 0.6 is 27.3 Å². The number of thiazole rings is 1. The number of anilines is 1. The summed E-state index contributed by atoms with van der Waals surface area (Å²) in [7, 11) is 0. The average molecular weight is 277 g/mol. The van der Waals surface area contributed by atoms with E-state index in [0.29, 0.717) is 19.0 Å². The van der Waals surface area contributed by atoms with Crippen molar-refractivity contribution in [2.75, 3.05) is 18.0 Å². The predicted molar refractivity (Wildman–Crippen MR) is 61.8 cm³/mol. The van der Waals surface area contributed by atoms with Crippen molar-refractivity contribution in [3.63, 3.8) is 0 Å². The van der Waals surface area contributed by atoms with Gasteiger partial charge in [-0.15, -0.1) is 11.3 Å². The minimum atomic E-state index is -0.516. The number of rotatable bonds is 2. The molecule has 5 heteroatoms. The number of nitrogens with zero attached hydrogens (tertiary/aromatic N) is 2. The van der Waals surface area contributed by atoms with Gasteiger partial charge in [-0.2, -0.15) is 0 Å². The standard InChI is InChI=1S/C9H13BrN2OS/c1-6(2)9(13)4-12(5-9)8-11-7(10)3-14-8/h3,6,13H,4-5H2,1-2H3. The summed E-state index contributed by atoms with van der Waals surface area (Å²) in [5, 5.41) is 13.0. The van der Waals surface area contributed by atoms with Crippen molar-refractivity contribution in [2.45, 2.75) is 19.4 Å². The topological polar surface area (TPSA) is 36.4 Å². The van der Waals surface area contributed by atoms with Crippen LogP contribution in [0.2, 0.25) is 0 Å². The highest BCUT2D eigenvalue weighted by atomic mass is 79.9.